The van der Waals surface area contributed by atoms with Crippen LogP contribution in [0.1, 0.15) is 50.9 Å². The van der Waals surface area contributed by atoms with Crippen molar-refractivity contribution >= 4 is 29.2 Å². The molecular formula is C33H32F4N6O3. The van der Waals surface area contributed by atoms with Crippen LogP contribution >= 0.6 is 0 Å². The van der Waals surface area contributed by atoms with E-state index in [1.165, 1.54) is 30.0 Å². The Morgan fingerprint density at radius 3 is 2.22 bits per heavy atom. The number of hydrogen-bond donors (Lipinski definition) is 1. The summed E-state index contributed by atoms with van der Waals surface area (Å²) >= 11 is 0. The molecule has 240 valence electrons. The van der Waals surface area contributed by atoms with Crippen molar-refractivity contribution in [3.8, 4) is 0 Å². The molecule has 0 aliphatic carbocycles. The van der Waals surface area contributed by atoms with Crippen LogP contribution in [0.4, 0.5) is 35.1 Å². The van der Waals surface area contributed by atoms with Gasteiger partial charge in [0.2, 0.25) is 5.76 Å². The molecule has 2 aliphatic heterocycles. The van der Waals surface area contributed by atoms with Gasteiger partial charge in [0.25, 0.3) is 11.9 Å². The SMILES string of the molecule is O=C(CN1CCN(c2ccc(NC(=O)c3oc(N4CCC(c5ccccc5)CC4)nc3C(F)(F)F)cn2)CC1)c1ccccc1F. The number of piperidine rings is 1. The van der Waals surface area contributed by atoms with Crippen molar-refractivity contribution in [2.24, 2.45) is 0 Å². The summed E-state index contributed by atoms with van der Waals surface area (Å²) in [5, 5.41) is 2.45. The highest BCUT2D eigenvalue weighted by Crippen LogP contribution is 2.36. The third-order valence-corrected chi connectivity index (χ3v) is 8.37. The molecule has 9 nitrogen and oxygen atoms in total. The van der Waals surface area contributed by atoms with Crippen molar-refractivity contribution < 1.29 is 31.6 Å². The summed E-state index contributed by atoms with van der Waals surface area (Å²) in [6.07, 6.45) is -2.09. The van der Waals surface area contributed by atoms with Gasteiger partial charge in [-0.1, -0.05) is 42.5 Å². The van der Waals surface area contributed by atoms with Crippen molar-refractivity contribution in [2.75, 3.05) is 60.9 Å². The number of benzene rings is 2. The lowest BCUT2D eigenvalue weighted by Gasteiger charge is -2.35. The van der Waals surface area contributed by atoms with Crippen LogP contribution in [0.15, 0.2) is 77.3 Å². The predicted octanol–water partition coefficient (Wildman–Crippen LogP) is 5.87. The monoisotopic (exact) mass is 636 g/mol. The standard InChI is InChI=1S/C33H32F4N6O3/c34-26-9-5-4-8-25(26)27(44)21-41-16-18-42(19-17-41)28-11-10-24(20-38-28)39-31(45)29-30(33(35,36)37)40-32(46-29)43-14-12-23(13-15-43)22-6-2-1-3-7-22/h1-11,20,23H,12-19,21H2,(H,39,45). The zero-order valence-corrected chi connectivity index (χ0v) is 24.8. The van der Waals surface area contributed by atoms with Crippen LogP contribution in [0.2, 0.25) is 0 Å². The molecule has 2 fully saturated rings. The molecule has 0 saturated carbocycles. The molecule has 2 aromatic heterocycles. The summed E-state index contributed by atoms with van der Waals surface area (Å²) < 4.78 is 61.1. The molecule has 2 saturated heterocycles. The number of ketones is 1. The van der Waals surface area contributed by atoms with Crippen LogP contribution in [0.25, 0.3) is 0 Å². The smallest absolute Gasteiger partial charge is 0.417 e. The number of pyridine rings is 1. The Hall–Kier alpha value is -4.78. The average Bonchev–Trinajstić information content (AvgIpc) is 3.53. The van der Waals surface area contributed by atoms with Gasteiger partial charge in [-0.15, -0.1) is 0 Å². The van der Waals surface area contributed by atoms with Crippen LogP contribution < -0.4 is 15.1 Å². The summed E-state index contributed by atoms with van der Waals surface area (Å²) in [5.41, 5.74) is 0.0657. The van der Waals surface area contributed by atoms with E-state index in [1.54, 1.807) is 23.1 Å². The van der Waals surface area contributed by atoms with Gasteiger partial charge in [0.15, 0.2) is 11.5 Å². The first-order chi connectivity index (χ1) is 22.2. The molecule has 0 unspecified atom stereocenters. The van der Waals surface area contributed by atoms with Gasteiger partial charge in [-0.2, -0.15) is 18.2 Å². The Labute approximate surface area is 262 Å². The van der Waals surface area contributed by atoms with Gasteiger partial charge in [-0.25, -0.2) is 9.37 Å². The first kappa shape index (κ1) is 31.2. The summed E-state index contributed by atoms with van der Waals surface area (Å²) in [4.78, 5) is 39.1. The van der Waals surface area contributed by atoms with Gasteiger partial charge in [0.1, 0.15) is 11.6 Å². The molecular weight excluding hydrogens is 604 g/mol. The zero-order valence-electron chi connectivity index (χ0n) is 24.8. The molecule has 13 heteroatoms. The van der Waals surface area contributed by atoms with Crippen LogP contribution in [0, 0.1) is 5.82 Å². The van der Waals surface area contributed by atoms with Crippen LogP contribution in [-0.4, -0.2) is 72.4 Å². The molecule has 1 amide bonds. The molecule has 4 heterocycles. The van der Waals surface area contributed by atoms with E-state index in [2.05, 4.69) is 15.3 Å². The third kappa shape index (κ3) is 7.04. The van der Waals surface area contributed by atoms with E-state index in [9.17, 15) is 27.2 Å². The lowest BCUT2D eigenvalue weighted by atomic mass is 9.90. The maximum absolute atomic E-state index is 14.0. The van der Waals surface area contributed by atoms with Gasteiger partial charge in [-0.3, -0.25) is 14.5 Å². The molecule has 0 bridgehead atoms. The second-order valence-electron chi connectivity index (χ2n) is 11.4. The number of anilines is 3. The van der Waals surface area contributed by atoms with Crippen LogP contribution in [-0.2, 0) is 6.18 Å². The molecule has 0 spiro atoms. The van der Waals surface area contributed by atoms with E-state index in [-0.39, 0.29) is 35.5 Å². The highest BCUT2D eigenvalue weighted by atomic mass is 19.4. The number of carbonyl (C=O) groups excluding carboxylic acids is 2. The fourth-order valence-corrected chi connectivity index (χ4v) is 5.87. The van der Waals surface area contributed by atoms with Crippen molar-refractivity contribution in [1.29, 1.82) is 0 Å². The van der Waals surface area contributed by atoms with Crippen molar-refractivity contribution in [3.05, 3.63) is 101 Å². The number of rotatable bonds is 8. The minimum atomic E-state index is -4.89. The summed E-state index contributed by atoms with van der Waals surface area (Å²) in [6.45, 7) is 3.21. The summed E-state index contributed by atoms with van der Waals surface area (Å²) in [6, 6.07) is 18.8. The zero-order chi connectivity index (χ0) is 32.3. The molecule has 46 heavy (non-hydrogen) atoms. The quantitative estimate of drug-likeness (QED) is 0.190. The number of halogens is 4. The van der Waals surface area contributed by atoms with E-state index in [0.29, 0.717) is 57.9 Å². The van der Waals surface area contributed by atoms with Gasteiger partial charge >= 0.3 is 6.18 Å². The molecule has 0 radical (unpaired) electrons. The van der Waals surface area contributed by atoms with Gasteiger partial charge in [0, 0.05) is 39.3 Å². The predicted molar refractivity (Wildman–Crippen MR) is 164 cm³/mol. The van der Waals surface area contributed by atoms with Gasteiger partial charge in [-0.05, 0) is 48.6 Å². The fourth-order valence-electron chi connectivity index (χ4n) is 5.87. The normalized spacial score (nSPS) is 16.4. The number of nitrogens with one attached hydrogen (secondary N) is 1. The number of Topliss-reactive ketones (excluding diaryl/α,β-unsaturated/α-hetero) is 1. The van der Waals surface area contributed by atoms with Gasteiger partial charge in [0.05, 0.1) is 24.0 Å². The molecule has 4 aromatic rings. The molecule has 1 N–H and O–H groups in total. The third-order valence-electron chi connectivity index (χ3n) is 8.37. The lowest BCUT2D eigenvalue weighted by Crippen LogP contribution is -2.48. The lowest BCUT2D eigenvalue weighted by molar-refractivity contribution is -0.141. The number of hydrogen-bond acceptors (Lipinski definition) is 8. The number of nitrogens with zero attached hydrogens (tertiary/aromatic N) is 5. The molecule has 2 aliphatic rings. The van der Waals surface area contributed by atoms with E-state index in [1.807, 2.05) is 40.1 Å². The number of carbonyl (C=O) groups is 2. The maximum atomic E-state index is 14.0. The minimum Gasteiger partial charge on any atom is -0.417 e. The Balaban J connectivity index is 1.05. The first-order valence-corrected chi connectivity index (χ1v) is 15.1. The van der Waals surface area contributed by atoms with E-state index in [0.717, 1.165) is 0 Å². The highest BCUT2D eigenvalue weighted by Gasteiger charge is 2.42. The van der Waals surface area contributed by atoms with Crippen LogP contribution in [0.5, 0.6) is 0 Å². The molecule has 2 aromatic carbocycles. The number of piperazine rings is 1. The fraction of sp³-hybridized carbons (Fsp3) is 0.333. The average molecular weight is 637 g/mol. The number of alkyl halides is 3. The minimum absolute atomic E-state index is 0.0663. The number of oxazole rings is 1. The second kappa shape index (κ2) is 13.3. The second-order valence-corrected chi connectivity index (χ2v) is 11.4. The van der Waals surface area contributed by atoms with Crippen molar-refractivity contribution in [1.82, 2.24) is 14.9 Å². The Morgan fingerprint density at radius 1 is 0.870 bits per heavy atom. The summed E-state index contributed by atoms with van der Waals surface area (Å²) in [5.74, 6) is -1.92. The number of amides is 1. The Kier molecular flexibility index (Phi) is 9.02. The first-order valence-electron chi connectivity index (χ1n) is 15.1. The van der Waals surface area contributed by atoms with Crippen LogP contribution in [0.3, 0.4) is 0 Å². The Bertz CT molecular complexity index is 1660. The molecule has 6 rings (SSSR count). The van der Waals surface area contributed by atoms with Crippen molar-refractivity contribution in [2.45, 2.75) is 24.9 Å². The van der Waals surface area contributed by atoms with E-state index >= 15 is 0 Å². The van der Waals surface area contributed by atoms with Crippen molar-refractivity contribution in [3.63, 3.8) is 0 Å². The number of aromatic nitrogens is 2. The summed E-state index contributed by atoms with van der Waals surface area (Å²) in [7, 11) is 0. The van der Waals surface area contributed by atoms with E-state index in [4.69, 9.17) is 4.42 Å². The molecule has 0 atom stereocenters. The maximum Gasteiger partial charge on any atom is 0.437 e. The Morgan fingerprint density at radius 2 is 1.57 bits per heavy atom. The highest BCUT2D eigenvalue weighted by molar-refractivity contribution is 6.03. The largest absolute Gasteiger partial charge is 0.437 e. The topological polar surface area (TPSA) is 94.8 Å². The van der Waals surface area contributed by atoms with Gasteiger partial charge < -0.3 is 19.5 Å². The van der Waals surface area contributed by atoms with E-state index < -0.39 is 29.4 Å².